The number of hydrogen-bond donors (Lipinski definition) is 1. The largest absolute Gasteiger partial charge is 0.443 e. The van der Waals surface area contributed by atoms with Crippen molar-refractivity contribution in [2.75, 3.05) is 4.90 Å². The molecule has 4 amide bonds. The van der Waals surface area contributed by atoms with Crippen LogP contribution in [-0.4, -0.2) is 57.0 Å². The topological polar surface area (TPSA) is 123 Å². The van der Waals surface area contributed by atoms with E-state index in [0.29, 0.717) is 10.5 Å². The smallest absolute Gasteiger partial charge is 0.421 e. The van der Waals surface area contributed by atoms with Gasteiger partial charge in [0.1, 0.15) is 22.8 Å². The summed E-state index contributed by atoms with van der Waals surface area (Å²) < 4.78 is 16.1. The maximum atomic E-state index is 13.6. The Bertz CT molecular complexity index is 893. The SMILES string of the molecule is CC(C(=O)N(C(=O)OC(C)(C)C)c1ccc(CO)cc1)N(C(=O)OC(C)(C)C)C(=O)OC(C)(C)C. The minimum atomic E-state index is -1.50. The third-order valence-corrected chi connectivity index (χ3v) is 4.10. The van der Waals surface area contributed by atoms with Gasteiger partial charge in [0, 0.05) is 0 Å². The predicted octanol–water partition coefficient (Wildman–Crippen LogP) is 5.01. The van der Waals surface area contributed by atoms with E-state index < -0.39 is 47.0 Å². The van der Waals surface area contributed by atoms with Crippen molar-refractivity contribution in [3.63, 3.8) is 0 Å². The number of hydrogen-bond acceptors (Lipinski definition) is 8. The molecule has 1 aromatic rings. The van der Waals surface area contributed by atoms with Gasteiger partial charge in [-0.3, -0.25) is 4.79 Å². The molecule has 1 aromatic carbocycles. The van der Waals surface area contributed by atoms with Gasteiger partial charge in [-0.15, -0.1) is 0 Å². The van der Waals surface area contributed by atoms with Gasteiger partial charge in [0.2, 0.25) is 0 Å². The first-order chi connectivity index (χ1) is 15.8. The summed E-state index contributed by atoms with van der Waals surface area (Å²) in [5.41, 5.74) is -2.18. The van der Waals surface area contributed by atoms with Crippen LogP contribution in [0.15, 0.2) is 24.3 Å². The molecule has 0 heterocycles. The number of amides is 4. The molecule has 1 atom stereocenters. The van der Waals surface area contributed by atoms with Crippen LogP contribution in [0.25, 0.3) is 0 Å². The van der Waals surface area contributed by atoms with Crippen LogP contribution in [0.5, 0.6) is 0 Å². The molecule has 35 heavy (non-hydrogen) atoms. The van der Waals surface area contributed by atoms with Gasteiger partial charge in [-0.25, -0.2) is 19.3 Å². The average molecular weight is 495 g/mol. The molecule has 0 saturated carbocycles. The molecule has 0 saturated heterocycles. The summed E-state index contributed by atoms with van der Waals surface area (Å²) >= 11 is 0. The van der Waals surface area contributed by atoms with Gasteiger partial charge in [0.15, 0.2) is 0 Å². The van der Waals surface area contributed by atoms with Crippen molar-refractivity contribution in [2.45, 2.75) is 98.7 Å². The number of rotatable bonds is 4. The Morgan fingerprint density at radius 2 is 1.11 bits per heavy atom. The minimum Gasteiger partial charge on any atom is -0.443 e. The lowest BCUT2D eigenvalue weighted by Gasteiger charge is -2.33. The van der Waals surface area contributed by atoms with Crippen molar-refractivity contribution >= 4 is 29.9 Å². The molecule has 0 aliphatic heterocycles. The number of ether oxygens (including phenoxy) is 3. The molecule has 0 aliphatic carbocycles. The zero-order valence-electron chi connectivity index (χ0n) is 22.3. The Morgan fingerprint density at radius 3 is 1.46 bits per heavy atom. The van der Waals surface area contributed by atoms with Crippen molar-refractivity contribution in [3.8, 4) is 0 Å². The number of aliphatic hydroxyl groups is 1. The van der Waals surface area contributed by atoms with Crippen molar-refractivity contribution in [1.82, 2.24) is 4.90 Å². The predicted molar refractivity (Wildman–Crippen MR) is 130 cm³/mol. The number of imide groups is 2. The summed E-state index contributed by atoms with van der Waals surface area (Å²) in [4.78, 5) is 53.9. The third-order valence-electron chi connectivity index (χ3n) is 4.10. The van der Waals surface area contributed by atoms with Gasteiger partial charge >= 0.3 is 18.3 Å². The Kier molecular flexibility index (Phi) is 9.45. The summed E-state index contributed by atoms with van der Waals surface area (Å²) in [6.45, 7) is 15.6. The van der Waals surface area contributed by atoms with Crippen LogP contribution in [0, 0.1) is 0 Å². The highest BCUT2D eigenvalue weighted by Gasteiger charge is 2.42. The average Bonchev–Trinajstić information content (AvgIpc) is 2.64. The molecule has 1 unspecified atom stereocenters. The van der Waals surface area contributed by atoms with Crippen LogP contribution in [0.4, 0.5) is 20.1 Å². The summed E-state index contributed by atoms with van der Waals surface area (Å²) in [5.74, 6) is -0.923. The number of benzene rings is 1. The molecule has 10 nitrogen and oxygen atoms in total. The molecule has 10 heteroatoms. The van der Waals surface area contributed by atoms with E-state index in [-0.39, 0.29) is 12.3 Å². The third kappa shape index (κ3) is 9.56. The highest BCUT2D eigenvalue weighted by atomic mass is 16.6. The number of aliphatic hydroxyl groups excluding tert-OH is 1. The number of carbonyl (C=O) groups excluding carboxylic acids is 4. The van der Waals surface area contributed by atoms with Crippen LogP contribution < -0.4 is 4.90 Å². The molecule has 0 spiro atoms. The van der Waals surface area contributed by atoms with Crippen LogP contribution in [-0.2, 0) is 25.6 Å². The molecule has 0 aromatic heterocycles. The number of nitrogens with zero attached hydrogens (tertiary/aromatic N) is 2. The van der Waals surface area contributed by atoms with E-state index in [4.69, 9.17) is 14.2 Å². The van der Waals surface area contributed by atoms with Gasteiger partial charge < -0.3 is 19.3 Å². The van der Waals surface area contributed by atoms with Crippen molar-refractivity contribution < 1.29 is 38.5 Å². The molecule has 0 bridgehead atoms. The van der Waals surface area contributed by atoms with Crippen LogP contribution in [0.3, 0.4) is 0 Å². The fraction of sp³-hybridized carbons (Fsp3) is 0.600. The second-order valence-electron chi connectivity index (χ2n) is 11.0. The first-order valence-electron chi connectivity index (χ1n) is 11.3. The van der Waals surface area contributed by atoms with E-state index >= 15 is 0 Å². The van der Waals surface area contributed by atoms with Crippen LogP contribution in [0.2, 0.25) is 0 Å². The molecule has 0 radical (unpaired) electrons. The van der Waals surface area contributed by atoms with E-state index in [0.717, 1.165) is 4.90 Å². The molecular formula is C25H38N2O8. The fourth-order valence-corrected chi connectivity index (χ4v) is 2.69. The first-order valence-corrected chi connectivity index (χ1v) is 11.3. The van der Waals surface area contributed by atoms with Crippen molar-refractivity contribution in [1.29, 1.82) is 0 Å². The molecule has 196 valence electrons. The maximum Gasteiger partial charge on any atom is 0.421 e. The zero-order valence-corrected chi connectivity index (χ0v) is 22.3. The highest BCUT2D eigenvalue weighted by Crippen LogP contribution is 2.23. The van der Waals surface area contributed by atoms with Gasteiger partial charge in [-0.05, 0) is 86.9 Å². The highest BCUT2D eigenvalue weighted by molar-refractivity contribution is 6.15. The summed E-state index contributed by atoms with van der Waals surface area (Å²) in [5, 5.41) is 9.33. The maximum absolute atomic E-state index is 13.6. The zero-order chi connectivity index (χ0) is 27.4. The Balaban J connectivity index is 3.51. The van der Waals surface area contributed by atoms with Gasteiger partial charge in [0.05, 0.1) is 12.3 Å². The number of carbonyl (C=O) groups is 4. The van der Waals surface area contributed by atoms with Gasteiger partial charge in [-0.2, -0.15) is 4.90 Å². The van der Waals surface area contributed by atoms with E-state index in [1.54, 1.807) is 62.3 Å². The standard InChI is InChI=1S/C25H38N2O8/c1-16(26(20(30)33-23(2,3)4)21(31)34-24(5,6)7)19(29)27(22(32)35-25(8,9)10)18-13-11-17(15-28)12-14-18/h11-14,16,28H,15H2,1-10H3. The number of anilines is 1. The van der Waals surface area contributed by atoms with Gasteiger partial charge in [-0.1, -0.05) is 12.1 Å². The lowest BCUT2D eigenvalue weighted by atomic mass is 10.1. The lowest BCUT2D eigenvalue weighted by Crippen LogP contribution is -2.56. The normalized spacial score (nSPS) is 12.9. The fourth-order valence-electron chi connectivity index (χ4n) is 2.69. The van der Waals surface area contributed by atoms with E-state index in [1.165, 1.54) is 31.2 Å². The van der Waals surface area contributed by atoms with Crippen molar-refractivity contribution in [2.24, 2.45) is 0 Å². The second kappa shape index (κ2) is 11.1. The minimum absolute atomic E-state index is 0.127. The molecule has 0 aliphatic rings. The van der Waals surface area contributed by atoms with Crippen LogP contribution in [0.1, 0.15) is 74.8 Å². The quantitative estimate of drug-likeness (QED) is 0.580. The monoisotopic (exact) mass is 494 g/mol. The van der Waals surface area contributed by atoms with E-state index in [1.807, 2.05) is 0 Å². The Hall–Kier alpha value is -3.14. The van der Waals surface area contributed by atoms with E-state index in [2.05, 4.69) is 0 Å². The second-order valence-corrected chi connectivity index (χ2v) is 11.0. The Morgan fingerprint density at radius 1 is 0.743 bits per heavy atom. The molecule has 0 fully saturated rings. The summed E-state index contributed by atoms with van der Waals surface area (Å²) in [6.07, 6.45) is -3.21. The Labute approximate surface area is 207 Å². The molecular weight excluding hydrogens is 456 g/mol. The lowest BCUT2D eigenvalue weighted by molar-refractivity contribution is -0.123. The summed E-state index contributed by atoms with van der Waals surface area (Å²) in [7, 11) is 0. The van der Waals surface area contributed by atoms with Crippen LogP contribution >= 0.6 is 0 Å². The van der Waals surface area contributed by atoms with E-state index in [9.17, 15) is 24.3 Å². The summed E-state index contributed by atoms with van der Waals surface area (Å²) in [6, 6.07) is 4.47. The molecule has 1 N–H and O–H groups in total. The van der Waals surface area contributed by atoms with Crippen molar-refractivity contribution in [3.05, 3.63) is 29.8 Å². The first kappa shape index (κ1) is 29.9. The molecule has 1 rings (SSSR count). The van der Waals surface area contributed by atoms with Gasteiger partial charge in [0.25, 0.3) is 5.91 Å².